The summed E-state index contributed by atoms with van der Waals surface area (Å²) in [6, 6.07) is -1.41. The second kappa shape index (κ2) is 7.11. The zero-order valence-corrected chi connectivity index (χ0v) is 10.9. The first-order chi connectivity index (χ1) is 7.75. The van der Waals surface area contributed by atoms with Crippen LogP contribution in [0.1, 0.15) is 27.7 Å². The molecule has 0 aromatic carbocycles. The van der Waals surface area contributed by atoms with Crippen molar-refractivity contribution in [3.63, 3.8) is 0 Å². The highest BCUT2D eigenvalue weighted by Gasteiger charge is 2.23. The van der Waals surface area contributed by atoms with E-state index >= 15 is 0 Å². The lowest BCUT2D eigenvalue weighted by Crippen LogP contribution is -2.52. The van der Waals surface area contributed by atoms with Gasteiger partial charge < -0.3 is 21.5 Å². The van der Waals surface area contributed by atoms with Crippen molar-refractivity contribution < 1.29 is 14.7 Å². The van der Waals surface area contributed by atoms with E-state index in [0.29, 0.717) is 0 Å². The number of nitrogens with two attached hydrogens (primary N) is 1. The highest BCUT2D eigenvalue weighted by molar-refractivity contribution is 5.86. The number of carbonyl (C=O) groups excluding carboxylic acids is 2. The normalized spacial score (nSPS) is 14.5. The van der Waals surface area contributed by atoms with Gasteiger partial charge in [0.1, 0.15) is 6.04 Å². The maximum absolute atomic E-state index is 11.8. The zero-order valence-electron chi connectivity index (χ0n) is 10.9. The van der Waals surface area contributed by atoms with Crippen molar-refractivity contribution in [1.29, 1.82) is 0 Å². The van der Waals surface area contributed by atoms with Gasteiger partial charge in [0, 0.05) is 6.54 Å². The van der Waals surface area contributed by atoms with Gasteiger partial charge in [-0.25, -0.2) is 4.79 Å². The Hall–Kier alpha value is -1.30. The molecule has 0 bridgehead atoms. The molecule has 100 valence electrons. The fraction of sp³-hybridized carbons (Fsp3) is 0.818. The molecule has 6 nitrogen and oxygen atoms in total. The Balaban J connectivity index is 4.29. The molecule has 0 fully saturated rings. The summed E-state index contributed by atoms with van der Waals surface area (Å²) in [7, 11) is 0. The molecule has 2 atom stereocenters. The third-order valence-electron chi connectivity index (χ3n) is 2.50. The molecule has 0 spiro atoms. The van der Waals surface area contributed by atoms with Crippen molar-refractivity contribution in [1.82, 2.24) is 10.6 Å². The van der Waals surface area contributed by atoms with E-state index in [0.717, 1.165) is 0 Å². The Morgan fingerprint density at radius 2 is 1.71 bits per heavy atom. The molecule has 0 radical (unpaired) electrons. The van der Waals surface area contributed by atoms with Gasteiger partial charge in [-0.05, 0) is 11.8 Å². The molecular weight excluding hydrogens is 222 g/mol. The molecular formula is C11H23N3O3. The zero-order chi connectivity index (χ0) is 13.6. The van der Waals surface area contributed by atoms with Crippen LogP contribution in [0.5, 0.6) is 0 Å². The summed E-state index contributed by atoms with van der Waals surface area (Å²) in [5.74, 6) is -0.339. The van der Waals surface area contributed by atoms with Crippen LogP contribution in [-0.4, -0.2) is 35.7 Å². The molecule has 0 aliphatic carbocycles. The van der Waals surface area contributed by atoms with E-state index in [1.807, 2.05) is 13.8 Å². The van der Waals surface area contributed by atoms with Gasteiger partial charge in [-0.3, -0.25) is 4.79 Å². The number of primary amides is 1. The van der Waals surface area contributed by atoms with E-state index < -0.39 is 18.2 Å². The number of hydrogen-bond donors (Lipinski definition) is 4. The van der Waals surface area contributed by atoms with Crippen LogP contribution in [0, 0.1) is 11.8 Å². The highest BCUT2D eigenvalue weighted by Crippen LogP contribution is 2.03. The van der Waals surface area contributed by atoms with E-state index in [4.69, 9.17) is 5.73 Å². The summed E-state index contributed by atoms with van der Waals surface area (Å²) in [6.07, 6.45) is -0.597. The minimum Gasteiger partial charge on any atom is -0.391 e. The topological polar surface area (TPSA) is 104 Å². The number of carbonyl (C=O) groups is 2. The third-order valence-corrected chi connectivity index (χ3v) is 2.50. The maximum Gasteiger partial charge on any atom is 0.312 e. The number of nitrogens with one attached hydrogen (secondary N) is 2. The molecule has 6 heteroatoms. The van der Waals surface area contributed by atoms with Crippen molar-refractivity contribution in [3.8, 4) is 0 Å². The van der Waals surface area contributed by atoms with Gasteiger partial charge in [0.2, 0.25) is 5.91 Å². The first kappa shape index (κ1) is 15.7. The highest BCUT2D eigenvalue weighted by atomic mass is 16.3. The number of amides is 3. The van der Waals surface area contributed by atoms with Crippen molar-refractivity contribution in [3.05, 3.63) is 0 Å². The minimum atomic E-state index is -0.733. The van der Waals surface area contributed by atoms with Crippen LogP contribution < -0.4 is 16.4 Å². The first-order valence-electron chi connectivity index (χ1n) is 5.77. The Morgan fingerprint density at radius 3 is 2.06 bits per heavy atom. The molecule has 2 unspecified atom stereocenters. The summed E-state index contributed by atoms with van der Waals surface area (Å²) in [6.45, 7) is 7.50. The average molecular weight is 245 g/mol. The van der Waals surface area contributed by atoms with E-state index in [2.05, 4.69) is 10.6 Å². The molecule has 0 aliphatic rings. The maximum atomic E-state index is 11.8. The predicted molar refractivity (Wildman–Crippen MR) is 65.2 cm³/mol. The van der Waals surface area contributed by atoms with Crippen molar-refractivity contribution >= 4 is 11.9 Å². The van der Waals surface area contributed by atoms with Gasteiger partial charge in [-0.2, -0.15) is 0 Å². The van der Waals surface area contributed by atoms with Gasteiger partial charge in [-0.15, -0.1) is 0 Å². The Labute approximate surface area is 102 Å². The predicted octanol–water partition coefficient (Wildman–Crippen LogP) is -0.188. The summed E-state index contributed by atoms with van der Waals surface area (Å²) < 4.78 is 0. The van der Waals surface area contributed by atoms with Crippen LogP contribution in [0.15, 0.2) is 0 Å². The molecule has 0 aromatic heterocycles. The average Bonchev–Trinajstić information content (AvgIpc) is 2.21. The third kappa shape index (κ3) is 6.11. The monoisotopic (exact) mass is 245 g/mol. The molecule has 17 heavy (non-hydrogen) atoms. The molecule has 0 saturated carbocycles. The SMILES string of the molecule is CC(C)C(O)CNC(=O)C(NC(N)=O)C(C)C. The van der Waals surface area contributed by atoms with Crippen LogP contribution in [0.25, 0.3) is 0 Å². The van der Waals surface area contributed by atoms with Crippen molar-refractivity contribution in [2.75, 3.05) is 6.54 Å². The van der Waals surface area contributed by atoms with Crippen LogP contribution in [0.4, 0.5) is 4.79 Å². The summed E-state index contributed by atoms with van der Waals surface area (Å²) >= 11 is 0. The Morgan fingerprint density at radius 1 is 1.18 bits per heavy atom. The molecule has 0 heterocycles. The van der Waals surface area contributed by atoms with Gasteiger partial charge in [-0.1, -0.05) is 27.7 Å². The van der Waals surface area contributed by atoms with E-state index in [1.165, 1.54) is 0 Å². The summed E-state index contributed by atoms with van der Waals surface area (Å²) in [4.78, 5) is 22.5. The first-order valence-corrected chi connectivity index (χ1v) is 5.77. The Bertz CT molecular complexity index is 267. The minimum absolute atomic E-state index is 0.0666. The Kier molecular flexibility index (Phi) is 6.57. The van der Waals surface area contributed by atoms with E-state index in [1.54, 1.807) is 13.8 Å². The largest absolute Gasteiger partial charge is 0.391 e. The number of aliphatic hydroxyl groups is 1. The van der Waals surface area contributed by atoms with Gasteiger partial charge >= 0.3 is 6.03 Å². The molecule has 0 aliphatic heterocycles. The summed E-state index contributed by atoms with van der Waals surface area (Å²) in [5, 5.41) is 14.5. The second-order valence-electron chi connectivity index (χ2n) is 4.79. The molecule has 0 aromatic rings. The standard InChI is InChI=1S/C11H23N3O3/c1-6(2)8(15)5-13-10(16)9(7(3)4)14-11(12)17/h6-9,15H,5H2,1-4H3,(H,13,16)(H3,12,14,17). The van der Waals surface area contributed by atoms with Crippen molar-refractivity contribution in [2.45, 2.75) is 39.8 Å². The lowest BCUT2D eigenvalue weighted by molar-refractivity contribution is -0.124. The fourth-order valence-electron chi connectivity index (χ4n) is 1.24. The van der Waals surface area contributed by atoms with Gasteiger partial charge in [0.25, 0.3) is 0 Å². The second-order valence-corrected chi connectivity index (χ2v) is 4.79. The van der Waals surface area contributed by atoms with Crippen LogP contribution >= 0.6 is 0 Å². The van der Waals surface area contributed by atoms with Crippen molar-refractivity contribution in [2.24, 2.45) is 17.6 Å². The van der Waals surface area contributed by atoms with E-state index in [-0.39, 0.29) is 24.3 Å². The van der Waals surface area contributed by atoms with Crippen LogP contribution in [0.3, 0.4) is 0 Å². The molecule has 3 amide bonds. The lowest BCUT2D eigenvalue weighted by atomic mass is 10.0. The number of hydrogen-bond acceptors (Lipinski definition) is 3. The number of rotatable bonds is 6. The number of aliphatic hydroxyl groups excluding tert-OH is 1. The number of urea groups is 1. The van der Waals surface area contributed by atoms with E-state index in [9.17, 15) is 14.7 Å². The van der Waals surface area contributed by atoms with Gasteiger partial charge in [0.05, 0.1) is 6.10 Å². The van der Waals surface area contributed by atoms with Crippen LogP contribution in [0.2, 0.25) is 0 Å². The fourth-order valence-corrected chi connectivity index (χ4v) is 1.24. The van der Waals surface area contributed by atoms with Gasteiger partial charge in [0.15, 0.2) is 0 Å². The quantitative estimate of drug-likeness (QED) is 0.521. The molecule has 5 N–H and O–H groups in total. The lowest BCUT2D eigenvalue weighted by Gasteiger charge is -2.22. The smallest absolute Gasteiger partial charge is 0.312 e. The van der Waals surface area contributed by atoms with Crippen LogP contribution in [-0.2, 0) is 4.79 Å². The molecule has 0 saturated heterocycles. The molecule has 0 rings (SSSR count). The summed E-state index contributed by atoms with van der Waals surface area (Å²) in [5.41, 5.74) is 4.99.